The molecule has 2 fully saturated rings. The summed E-state index contributed by atoms with van der Waals surface area (Å²) < 4.78 is 0. The number of piperidine rings is 1. The molecule has 1 saturated heterocycles. The Morgan fingerprint density at radius 2 is 1.77 bits per heavy atom. The Balaban J connectivity index is 1.20. The summed E-state index contributed by atoms with van der Waals surface area (Å²) in [4.78, 5) is 35.1. The zero-order chi connectivity index (χ0) is 20.9. The number of carbonyl (C=O) groups excluding carboxylic acids is 2. The minimum atomic E-state index is -0.151. The van der Waals surface area contributed by atoms with Crippen LogP contribution in [0.25, 0.3) is 11.0 Å². The molecule has 2 heterocycles. The zero-order valence-electron chi connectivity index (χ0n) is 18.0. The van der Waals surface area contributed by atoms with Crippen molar-refractivity contribution in [1.82, 2.24) is 20.2 Å². The van der Waals surface area contributed by atoms with Crippen molar-refractivity contribution in [1.29, 1.82) is 0 Å². The van der Waals surface area contributed by atoms with Crippen molar-refractivity contribution in [3.05, 3.63) is 30.1 Å². The second-order valence-electron chi connectivity index (χ2n) is 9.16. The van der Waals surface area contributed by atoms with Gasteiger partial charge in [0.05, 0.1) is 17.1 Å². The number of benzene rings is 1. The Morgan fingerprint density at radius 1 is 1.07 bits per heavy atom. The van der Waals surface area contributed by atoms with Crippen molar-refractivity contribution >= 4 is 22.8 Å². The van der Waals surface area contributed by atoms with Crippen LogP contribution in [0.5, 0.6) is 0 Å². The van der Waals surface area contributed by atoms with Gasteiger partial charge in [-0.25, -0.2) is 4.98 Å². The van der Waals surface area contributed by atoms with Gasteiger partial charge < -0.3 is 15.2 Å². The summed E-state index contributed by atoms with van der Waals surface area (Å²) in [6, 6.07) is 7.74. The highest BCUT2D eigenvalue weighted by Gasteiger charge is 2.27. The van der Waals surface area contributed by atoms with Gasteiger partial charge in [0.2, 0.25) is 11.8 Å². The molecule has 162 valence electrons. The number of fused-ring (bicyclic) bond motifs is 1. The standard InChI is InChI=1S/C24H34N4O2/c1-17(24-26-20-9-5-6-10-21(20)27-24)25-22(29)15-19-11-13-28(14-12-19)23(30)16-18-7-3-2-4-8-18/h5-6,9-10,17-19H,2-4,7-8,11-16H2,1H3,(H,25,29)(H,26,27)/t17-/m1/s1. The Hall–Kier alpha value is -2.37. The number of aromatic amines is 1. The van der Waals surface area contributed by atoms with Gasteiger partial charge in [0.25, 0.3) is 0 Å². The van der Waals surface area contributed by atoms with Gasteiger partial charge in [-0.3, -0.25) is 9.59 Å². The van der Waals surface area contributed by atoms with Crippen LogP contribution in [0.1, 0.15) is 76.6 Å². The average Bonchev–Trinajstić information content (AvgIpc) is 3.19. The van der Waals surface area contributed by atoms with E-state index in [2.05, 4.69) is 15.3 Å². The summed E-state index contributed by atoms with van der Waals surface area (Å²) in [7, 11) is 0. The van der Waals surface area contributed by atoms with Crippen LogP contribution in [0.4, 0.5) is 0 Å². The third-order valence-electron chi connectivity index (χ3n) is 6.82. The van der Waals surface area contributed by atoms with Gasteiger partial charge in [0.15, 0.2) is 0 Å². The summed E-state index contributed by atoms with van der Waals surface area (Å²) in [5, 5.41) is 3.08. The third-order valence-corrected chi connectivity index (χ3v) is 6.82. The van der Waals surface area contributed by atoms with E-state index >= 15 is 0 Å². The maximum absolute atomic E-state index is 12.6. The SMILES string of the molecule is C[C@@H](NC(=O)CC1CCN(C(=O)CC2CCCCC2)CC1)c1nc2ccccc2[nH]1. The minimum Gasteiger partial charge on any atom is -0.346 e. The summed E-state index contributed by atoms with van der Waals surface area (Å²) in [5.41, 5.74) is 1.90. The van der Waals surface area contributed by atoms with Crippen LogP contribution in [0.3, 0.4) is 0 Å². The normalized spacial score (nSPS) is 19.7. The molecule has 2 N–H and O–H groups in total. The Bertz CT molecular complexity index is 830. The highest BCUT2D eigenvalue weighted by atomic mass is 16.2. The molecule has 2 aliphatic rings. The molecule has 6 nitrogen and oxygen atoms in total. The molecular weight excluding hydrogens is 376 g/mol. The van der Waals surface area contributed by atoms with Crippen molar-refractivity contribution in [2.45, 2.75) is 70.8 Å². The van der Waals surface area contributed by atoms with Crippen LogP contribution >= 0.6 is 0 Å². The fourth-order valence-electron chi connectivity index (χ4n) is 4.96. The Kier molecular flexibility index (Phi) is 6.70. The maximum Gasteiger partial charge on any atom is 0.222 e. The molecule has 2 amide bonds. The maximum atomic E-state index is 12.6. The van der Waals surface area contributed by atoms with Gasteiger partial charge in [-0.1, -0.05) is 31.4 Å². The molecule has 0 bridgehead atoms. The van der Waals surface area contributed by atoms with Crippen LogP contribution in [0.15, 0.2) is 24.3 Å². The summed E-state index contributed by atoms with van der Waals surface area (Å²) in [6.45, 7) is 3.55. The molecule has 0 radical (unpaired) electrons. The number of imidazole rings is 1. The average molecular weight is 411 g/mol. The van der Waals surface area contributed by atoms with Crippen molar-refractivity contribution in [3.8, 4) is 0 Å². The molecule has 1 aromatic heterocycles. The second kappa shape index (κ2) is 9.63. The number of aromatic nitrogens is 2. The van der Waals surface area contributed by atoms with Crippen LogP contribution < -0.4 is 5.32 Å². The number of likely N-dealkylation sites (tertiary alicyclic amines) is 1. The Labute approximate surface area is 178 Å². The first-order chi connectivity index (χ1) is 14.6. The van der Waals surface area contributed by atoms with Crippen molar-refractivity contribution in [2.75, 3.05) is 13.1 Å². The van der Waals surface area contributed by atoms with Crippen molar-refractivity contribution < 1.29 is 9.59 Å². The van der Waals surface area contributed by atoms with Crippen LogP contribution in [0.2, 0.25) is 0 Å². The molecule has 30 heavy (non-hydrogen) atoms. The highest BCUT2D eigenvalue weighted by Crippen LogP contribution is 2.28. The number of hydrogen-bond acceptors (Lipinski definition) is 3. The number of carbonyl (C=O) groups is 2. The number of H-pyrrole nitrogens is 1. The predicted octanol–water partition coefficient (Wildman–Crippen LogP) is 4.34. The van der Waals surface area contributed by atoms with E-state index in [0.29, 0.717) is 24.2 Å². The number of nitrogens with one attached hydrogen (secondary N) is 2. The van der Waals surface area contributed by atoms with Crippen LogP contribution in [-0.4, -0.2) is 39.8 Å². The van der Waals surface area contributed by atoms with E-state index in [1.165, 1.54) is 32.1 Å². The van der Waals surface area contributed by atoms with E-state index in [1.807, 2.05) is 36.1 Å². The van der Waals surface area contributed by atoms with Gasteiger partial charge in [-0.2, -0.15) is 0 Å². The summed E-state index contributed by atoms with van der Waals surface area (Å²) >= 11 is 0. The molecule has 1 atom stereocenters. The molecule has 1 aliphatic carbocycles. The molecule has 2 aromatic rings. The van der Waals surface area contributed by atoms with E-state index in [9.17, 15) is 9.59 Å². The summed E-state index contributed by atoms with van der Waals surface area (Å²) in [5.74, 6) is 2.12. The van der Waals surface area contributed by atoms with E-state index < -0.39 is 0 Å². The number of amides is 2. The Morgan fingerprint density at radius 3 is 2.50 bits per heavy atom. The van der Waals surface area contributed by atoms with Gasteiger partial charge in [-0.05, 0) is 56.6 Å². The van der Waals surface area contributed by atoms with Gasteiger partial charge in [0.1, 0.15) is 5.82 Å². The molecule has 1 aromatic carbocycles. The highest BCUT2D eigenvalue weighted by molar-refractivity contribution is 5.78. The van der Waals surface area contributed by atoms with Crippen molar-refractivity contribution in [3.63, 3.8) is 0 Å². The smallest absolute Gasteiger partial charge is 0.222 e. The van der Waals surface area contributed by atoms with E-state index in [4.69, 9.17) is 0 Å². The zero-order valence-corrected chi connectivity index (χ0v) is 18.0. The quantitative estimate of drug-likeness (QED) is 0.744. The lowest BCUT2D eigenvalue weighted by Crippen LogP contribution is -2.40. The van der Waals surface area contributed by atoms with Gasteiger partial charge >= 0.3 is 0 Å². The molecule has 0 unspecified atom stereocenters. The number of nitrogens with zero attached hydrogens (tertiary/aromatic N) is 2. The molecule has 4 rings (SSSR count). The number of rotatable bonds is 6. The monoisotopic (exact) mass is 410 g/mol. The third kappa shape index (κ3) is 5.21. The number of para-hydroxylation sites is 2. The summed E-state index contributed by atoms with van der Waals surface area (Å²) in [6.07, 6.45) is 9.40. The molecule has 0 spiro atoms. The van der Waals surface area contributed by atoms with Gasteiger partial charge in [-0.15, -0.1) is 0 Å². The largest absolute Gasteiger partial charge is 0.346 e. The molecule has 1 saturated carbocycles. The van der Waals surface area contributed by atoms with E-state index in [1.54, 1.807) is 0 Å². The number of hydrogen-bond donors (Lipinski definition) is 2. The fourth-order valence-corrected chi connectivity index (χ4v) is 4.96. The predicted molar refractivity (Wildman–Crippen MR) is 118 cm³/mol. The molecule has 6 heteroatoms. The van der Waals surface area contributed by atoms with E-state index in [0.717, 1.165) is 49.2 Å². The first-order valence-electron chi connectivity index (χ1n) is 11.6. The molecule has 1 aliphatic heterocycles. The lowest BCUT2D eigenvalue weighted by atomic mass is 9.86. The second-order valence-corrected chi connectivity index (χ2v) is 9.16. The van der Waals surface area contributed by atoms with Crippen LogP contribution in [-0.2, 0) is 9.59 Å². The van der Waals surface area contributed by atoms with Crippen LogP contribution in [0, 0.1) is 11.8 Å². The molecular formula is C24H34N4O2. The minimum absolute atomic E-state index is 0.0648. The fraction of sp³-hybridized carbons (Fsp3) is 0.625. The van der Waals surface area contributed by atoms with Gasteiger partial charge in [0, 0.05) is 25.9 Å². The lowest BCUT2D eigenvalue weighted by molar-refractivity contribution is -0.134. The van der Waals surface area contributed by atoms with Crippen molar-refractivity contribution in [2.24, 2.45) is 11.8 Å². The topological polar surface area (TPSA) is 78.1 Å². The first kappa shape index (κ1) is 20.9. The lowest BCUT2D eigenvalue weighted by Gasteiger charge is -2.33. The van der Waals surface area contributed by atoms with E-state index in [-0.39, 0.29) is 11.9 Å². The first-order valence-corrected chi connectivity index (χ1v) is 11.6.